The molecule has 0 saturated heterocycles. The molecule has 0 amide bonds. The highest BCUT2D eigenvalue weighted by Crippen LogP contribution is 2.28. The van der Waals surface area contributed by atoms with Crippen LogP contribution in [0.5, 0.6) is 5.75 Å². The van der Waals surface area contributed by atoms with E-state index >= 15 is 0 Å². The molecule has 16 heavy (non-hydrogen) atoms. The molecule has 0 spiro atoms. The van der Waals surface area contributed by atoms with Crippen LogP contribution < -0.4 is 4.74 Å². The van der Waals surface area contributed by atoms with E-state index in [9.17, 15) is 4.79 Å². The molecule has 2 rings (SSSR count). The van der Waals surface area contributed by atoms with Gasteiger partial charge in [0, 0.05) is 11.6 Å². The van der Waals surface area contributed by atoms with Gasteiger partial charge in [-0.15, -0.1) is 0 Å². The maximum Gasteiger partial charge on any atom is 0.235 e. The molecule has 0 aliphatic rings. The van der Waals surface area contributed by atoms with Crippen molar-refractivity contribution in [2.75, 3.05) is 7.11 Å². The topological polar surface area (TPSA) is 54.4 Å². The second-order valence-electron chi connectivity index (χ2n) is 3.60. The predicted molar refractivity (Wildman–Crippen MR) is 61.4 cm³/mol. The van der Waals surface area contributed by atoms with Crippen LogP contribution in [0.1, 0.15) is 11.1 Å². The molecule has 4 nitrogen and oxygen atoms in total. The summed E-state index contributed by atoms with van der Waals surface area (Å²) in [5, 5.41) is 1.09. The molecule has 0 radical (unpaired) electrons. The van der Waals surface area contributed by atoms with Gasteiger partial charge < -0.3 is 9.72 Å². The van der Waals surface area contributed by atoms with Gasteiger partial charge in [-0.05, 0) is 30.2 Å². The van der Waals surface area contributed by atoms with E-state index in [1.807, 2.05) is 25.3 Å². The SMILES string of the molecule is COc1cc(CN=C=O)cc2c(C)c[nH]c12. The predicted octanol–water partition coefficient (Wildman–Crippen LogP) is 2.32. The quantitative estimate of drug-likeness (QED) is 0.632. The fourth-order valence-electron chi connectivity index (χ4n) is 1.77. The van der Waals surface area contributed by atoms with E-state index < -0.39 is 0 Å². The first-order valence-electron chi connectivity index (χ1n) is 4.94. The molecule has 0 aliphatic heterocycles. The summed E-state index contributed by atoms with van der Waals surface area (Å²) < 4.78 is 5.29. The molecule has 1 aromatic carbocycles. The summed E-state index contributed by atoms with van der Waals surface area (Å²) in [6.45, 7) is 2.35. The van der Waals surface area contributed by atoms with E-state index in [2.05, 4.69) is 9.98 Å². The van der Waals surface area contributed by atoms with Crippen LogP contribution in [0.4, 0.5) is 0 Å². The van der Waals surface area contributed by atoms with Crippen molar-refractivity contribution in [1.82, 2.24) is 4.98 Å². The van der Waals surface area contributed by atoms with Crippen molar-refractivity contribution in [2.24, 2.45) is 4.99 Å². The Labute approximate surface area is 93.0 Å². The zero-order valence-electron chi connectivity index (χ0n) is 9.20. The zero-order chi connectivity index (χ0) is 11.5. The van der Waals surface area contributed by atoms with E-state index in [1.54, 1.807) is 7.11 Å². The lowest BCUT2D eigenvalue weighted by Crippen LogP contribution is -1.88. The van der Waals surface area contributed by atoms with E-state index in [1.165, 1.54) is 6.08 Å². The Morgan fingerprint density at radius 1 is 1.50 bits per heavy atom. The lowest BCUT2D eigenvalue weighted by Gasteiger charge is -2.04. The van der Waals surface area contributed by atoms with Crippen LogP contribution in [-0.2, 0) is 11.3 Å². The number of aromatic nitrogens is 1. The van der Waals surface area contributed by atoms with Gasteiger partial charge in [0.25, 0.3) is 0 Å². The minimum atomic E-state index is 0.334. The molecular weight excluding hydrogens is 204 g/mol. The number of hydrogen-bond donors (Lipinski definition) is 1. The molecule has 1 N–H and O–H groups in total. The van der Waals surface area contributed by atoms with Crippen LogP contribution in [0.2, 0.25) is 0 Å². The standard InChI is InChI=1S/C12H12N2O2/c1-8-5-14-12-10(8)3-9(6-13-7-15)4-11(12)16-2/h3-5,14H,6H2,1-2H3. The lowest BCUT2D eigenvalue weighted by atomic mass is 10.1. The Hall–Kier alpha value is -2.06. The van der Waals surface area contributed by atoms with Gasteiger partial charge in [-0.3, -0.25) is 0 Å². The Morgan fingerprint density at radius 3 is 3.00 bits per heavy atom. The average Bonchev–Trinajstić information content (AvgIpc) is 2.68. The summed E-state index contributed by atoms with van der Waals surface area (Å²) in [6, 6.07) is 3.88. The smallest absolute Gasteiger partial charge is 0.235 e. The van der Waals surface area contributed by atoms with Crippen LogP contribution in [0.3, 0.4) is 0 Å². The number of nitrogens with one attached hydrogen (secondary N) is 1. The van der Waals surface area contributed by atoms with Gasteiger partial charge in [-0.1, -0.05) is 0 Å². The summed E-state index contributed by atoms with van der Waals surface area (Å²) in [5.41, 5.74) is 3.06. The van der Waals surface area contributed by atoms with Crippen molar-refractivity contribution in [3.05, 3.63) is 29.5 Å². The number of ether oxygens (including phenoxy) is 1. The lowest BCUT2D eigenvalue weighted by molar-refractivity contribution is 0.418. The molecule has 1 aromatic heterocycles. The number of benzene rings is 1. The summed E-state index contributed by atoms with van der Waals surface area (Å²) in [5.74, 6) is 0.765. The van der Waals surface area contributed by atoms with Crippen LogP contribution in [0, 0.1) is 6.92 Å². The highest BCUT2D eigenvalue weighted by atomic mass is 16.5. The third-order valence-electron chi connectivity index (χ3n) is 2.57. The second-order valence-corrected chi connectivity index (χ2v) is 3.60. The van der Waals surface area contributed by atoms with E-state index in [0.29, 0.717) is 6.54 Å². The number of fused-ring (bicyclic) bond motifs is 1. The van der Waals surface area contributed by atoms with Gasteiger partial charge in [0.05, 0.1) is 19.2 Å². The van der Waals surface area contributed by atoms with Gasteiger partial charge >= 0.3 is 0 Å². The first-order valence-corrected chi connectivity index (χ1v) is 4.94. The molecule has 82 valence electrons. The summed E-state index contributed by atoms with van der Waals surface area (Å²) in [7, 11) is 1.62. The maximum absolute atomic E-state index is 10.1. The van der Waals surface area contributed by atoms with E-state index in [-0.39, 0.29) is 0 Å². The molecule has 0 fully saturated rings. The first-order chi connectivity index (χ1) is 7.76. The van der Waals surface area contributed by atoms with Crippen molar-refractivity contribution >= 4 is 17.0 Å². The number of hydrogen-bond acceptors (Lipinski definition) is 3. The molecule has 0 atom stereocenters. The van der Waals surface area contributed by atoms with Crippen molar-refractivity contribution in [3.8, 4) is 5.75 Å². The van der Waals surface area contributed by atoms with Crippen molar-refractivity contribution in [3.63, 3.8) is 0 Å². The highest BCUT2D eigenvalue weighted by molar-refractivity contribution is 5.89. The minimum absolute atomic E-state index is 0.334. The van der Waals surface area contributed by atoms with Crippen LogP contribution in [0.15, 0.2) is 23.3 Å². The third-order valence-corrected chi connectivity index (χ3v) is 2.57. The van der Waals surface area contributed by atoms with Gasteiger partial charge in [0.2, 0.25) is 6.08 Å². The second kappa shape index (κ2) is 4.21. The zero-order valence-corrected chi connectivity index (χ0v) is 9.20. The Bertz CT molecular complexity index is 566. The largest absolute Gasteiger partial charge is 0.495 e. The van der Waals surface area contributed by atoms with Gasteiger partial charge in [0.1, 0.15) is 5.75 Å². The minimum Gasteiger partial charge on any atom is -0.495 e. The highest BCUT2D eigenvalue weighted by Gasteiger charge is 2.07. The number of nitrogens with zero attached hydrogens (tertiary/aromatic N) is 1. The van der Waals surface area contributed by atoms with Crippen LogP contribution in [-0.4, -0.2) is 18.2 Å². The van der Waals surface area contributed by atoms with Gasteiger partial charge in [-0.25, -0.2) is 9.79 Å². The van der Waals surface area contributed by atoms with Crippen molar-refractivity contribution in [1.29, 1.82) is 0 Å². The summed E-state index contributed by atoms with van der Waals surface area (Å²) in [6.07, 6.45) is 3.47. The van der Waals surface area contributed by atoms with E-state index in [4.69, 9.17) is 4.74 Å². The normalized spacial score (nSPS) is 10.1. The Kier molecular flexibility index (Phi) is 2.75. The maximum atomic E-state index is 10.1. The fourth-order valence-corrected chi connectivity index (χ4v) is 1.77. The van der Waals surface area contributed by atoms with Crippen molar-refractivity contribution in [2.45, 2.75) is 13.5 Å². The fraction of sp³-hybridized carbons (Fsp3) is 0.250. The Balaban J connectivity index is 2.60. The molecule has 0 unspecified atom stereocenters. The monoisotopic (exact) mass is 216 g/mol. The molecule has 4 heteroatoms. The summed E-state index contributed by atoms with van der Waals surface area (Å²) >= 11 is 0. The Morgan fingerprint density at radius 2 is 2.31 bits per heavy atom. The molecular formula is C12H12N2O2. The molecule has 0 bridgehead atoms. The van der Waals surface area contributed by atoms with Crippen LogP contribution >= 0.6 is 0 Å². The number of H-pyrrole nitrogens is 1. The van der Waals surface area contributed by atoms with E-state index in [0.717, 1.165) is 27.8 Å². The molecule has 0 aliphatic carbocycles. The molecule has 2 aromatic rings. The number of aromatic amines is 1. The van der Waals surface area contributed by atoms with Gasteiger partial charge in [-0.2, -0.15) is 0 Å². The number of aryl methyl sites for hydroxylation is 1. The first kappa shape index (κ1) is 10.5. The number of aliphatic imine (C=N–C) groups is 1. The summed E-state index contributed by atoms with van der Waals surface area (Å²) in [4.78, 5) is 16.8. The van der Waals surface area contributed by atoms with Crippen LogP contribution in [0.25, 0.3) is 10.9 Å². The number of rotatable bonds is 3. The average molecular weight is 216 g/mol. The van der Waals surface area contributed by atoms with Gasteiger partial charge in [0.15, 0.2) is 0 Å². The molecule has 0 saturated carbocycles. The number of carbonyl (C=O) groups excluding carboxylic acids is 1. The van der Waals surface area contributed by atoms with Crippen molar-refractivity contribution < 1.29 is 9.53 Å². The number of methoxy groups -OCH3 is 1. The number of isocyanates is 1. The third kappa shape index (κ3) is 1.71. The molecule has 1 heterocycles.